The van der Waals surface area contributed by atoms with E-state index >= 15 is 0 Å². The van der Waals surface area contributed by atoms with Gasteiger partial charge in [-0.15, -0.1) is 0 Å². The topological polar surface area (TPSA) is 15.6 Å². The number of nitrogens with zero attached hydrogens (tertiary/aromatic N) is 2. The average Bonchev–Trinajstić information content (AvgIpc) is 2.45. The third kappa shape index (κ3) is 6.00. The van der Waals surface area contributed by atoms with Crippen molar-refractivity contribution in [2.75, 3.05) is 27.2 Å². The first-order chi connectivity index (χ1) is 9.68. The van der Waals surface area contributed by atoms with Gasteiger partial charge in [0.15, 0.2) is 0 Å². The molecule has 0 heterocycles. The quantitative estimate of drug-likeness (QED) is 0.545. The first-order valence-electron chi connectivity index (χ1n) is 6.67. The molecule has 22 heavy (non-hydrogen) atoms. The first kappa shape index (κ1) is 21.0. The van der Waals surface area contributed by atoms with E-state index in [0.717, 1.165) is 17.7 Å². The summed E-state index contributed by atoms with van der Waals surface area (Å²) in [5.41, 5.74) is 2.43. The molecular weight excluding hydrogens is 482 g/mol. The van der Waals surface area contributed by atoms with Gasteiger partial charge in [0.1, 0.15) is 5.82 Å². The molecule has 2 aromatic carbocycles. The Morgan fingerprint density at radius 3 is 2.36 bits per heavy atom. The summed E-state index contributed by atoms with van der Waals surface area (Å²) >= 11 is 0. The second-order valence-corrected chi connectivity index (χ2v) is 4.91. The van der Waals surface area contributed by atoms with Crippen LogP contribution < -0.4 is 12.4 Å². The normalized spacial score (nSPS) is 10.4. The standard InChI is InChI=1S/C17H19FN2.ClH.Pt/c1-20(2)12-11-19-13-16-15(9-6-10-17(16)18)14-7-4-3-5-8-14;;/h3-10,13H,11-12H2,1-2H3;1H;/q;;+2/p-1. The van der Waals surface area contributed by atoms with Crippen LogP contribution in [0.4, 0.5) is 4.39 Å². The largest absolute Gasteiger partial charge is 2.00 e. The molecule has 120 valence electrons. The van der Waals surface area contributed by atoms with Crippen molar-refractivity contribution in [1.29, 1.82) is 0 Å². The summed E-state index contributed by atoms with van der Waals surface area (Å²) in [6.45, 7) is 1.52. The van der Waals surface area contributed by atoms with E-state index in [1.54, 1.807) is 12.3 Å². The number of likely N-dealkylation sites (N-methyl/N-ethyl adjacent to an activating group) is 1. The Kier molecular flexibility index (Phi) is 10.2. The van der Waals surface area contributed by atoms with Gasteiger partial charge in [0, 0.05) is 18.3 Å². The van der Waals surface area contributed by atoms with Crippen LogP contribution in [0.3, 0.4) is 0 Å². The fraction of sp³-hybridized carbons (Fsp3) is 0.235. The SMILES string of the molecule is CN(C)CCN=Cc1c(F)cccc1-c1ccccc1.[Cl-].[Pt+2]. The van der Waals surface area contributed by atoms with Gasteiger partial charge in [0.05, 0.1) is 6.54 Å². The molecule has 0 amide bonds. The van der Waals surface area contributed by atoms with Crippen LogP contribution in [0.25, 0.3) is 11.1 Å². The summed E-state index contributed by atoms with van der Waals surface area (Å²) in [5, 5.41) is 0. The molecular formula is C17H19ClFN2Pt+. The van der Waals surface area contributed by atoms with Gasteiger partial charge < -0.3 is 17.3 Å². The van der Waals surface area contributed by atoms with Gasteiger partial charge in [-0.2, -0.15) is 0 Å². The summed E-state index contributed by atoms with van der Waals surface area (Å²) in [7, 11) is 3.99. The Bertz CT molecular complexity index is 588. The van der Waals surface area contributed by atoms with E-state index in [4.69, 9.17) is 0 Å². The Balaban J connectivity index is 0.00000220. The fourth-order valence-electron chi connectivity index (χ4n) is 1.95. The zero-order valence-corrected chi connectivity index (χ0v) is 15.6. The van der Waals surface area contributed by atoms with Crippen LogP contribution in [0.5, 0.6) is 0 Å². The summed E-state index contributed by atoms with van der Waals surface area (Å²) in [4.78, 5) is 6.37. The van der Waals surface area contributed by atoms with Crippen molar-refractivity contribution in [3.05, 3.63) is 59.9 Å². The minimum absolute atomic E-state index is 0. The minimum atomic E-state index is -0.236. The van der Waals surface area contributed by atoms with Crippen molar-refractivity contribution in [3.8, 4) is 11.1 Å². The molecule has 0 fully saturated rings. The zero-order valence-electron chi connectivity index (χ0n) is 12.6. The van der Waals surface area contributed by atoms with Crippen LogP contribution in [0.2, 0.25) is 0 Å². The molecule has 2 aromatic rings. The van der Waals surface area contributed by atoms with Crippen LogP contribution in [-0.2, 0) is 21.1 Å². The second-order valence-electron chi connectivity index (χ2n) is 4.91. The summed E-state index contributed by atoms with van der Waals surface area (Å²) in [6, 6.07) is 14.9. The maximum atomic E-state index is 14.0. The zero-order chi connectivity index (χ0) is 14.4. The molecule has 0 bridgehead atoms. The number of hydrogen-bond donors (Lipinski definition) is 0. The van der Waals surface area contributed by atoms with Crippen molar-refractivity contribution in [1.82, 2.24) is 4.90 Å². The van der Waals surface area contributed by atoms with Crippen LogP contribution in [0, 0.1) is 5.82 Å². The van der Waals surface area contributed by atoms with Crippen molar-refractivity contribution in [2.45, 2.75) is 0 Å². The van der Waals surface area contributed by atoms with Crippen LogP contribution in [0.1, 0.15) is 5.56 Å². The summed E-state index contributed by atoms with van der Waals surface area (Å²) in [6.07, 6.45) is 1.64. The Labute approximate surface area is 152 Å². The van der Waals surface area contributed by atoms with Crippen molar-refractivity contribution >= 4 is 6.21 Å². The minimum Gasteiger partial charge on any atom is -1.00 e. The van der Waals surface area contributed by atoms with Crippen LogP contribution in [0.15, 0.2) is 53.5 Å². The molecule has 2 nitrogen and oxygen atoms in total. The molecule has 5 heteroatoms. The van der Waals surface area contributed by atoms with E-state index in [1.165, 1.54) is 6.07 Å². The van der Waals surface area contributed by atoms with E-state index in [9.17, 15) is 4.39 Å². The predicted molar refractivity (Wildman–Crippen MR) is 82.9 cm³/mol. The first-order valence-corrected chi connectivity index (χ1v) is 6.67. The molecule has 0 aliphatic carbocycles. The molecule has 0 saturated carbocycles. The number of rotatable bonds is 5. The van der Waals surface area contributed by atoms with E-state index in [2.05, 4.69) is 9.89 Å². The van der Waals surface area contributed by atoms with Gasteiger partial charge in [0.2, 0.25) is 0 Å². The molecule has 2 rings (SSSR count). The molecule has 0 saturated heterocycles. The summed E-state index contributed by atoms with van der Waals surface area (Å²) < 4.78 is 14.0. The van der Waals surface area contributed by atoms with Crippen LogP contribution >= 0.6 is 0 Å². The maximum absolute atomic E-state index is 14.0. The van der Waals surface area contributed by atoms with E-state index in [0.29, 0.717) is 12.1 Å². The molecule has 0 unspecified atom stereocenters. The van der Waals surface area contributed by atoms with Crippen molar-refractivity contribution in [3.63, 3.8) is 0 Å². The van der Waals surface area contributed by atoms with Gasteiger partial charge in [0.25, 0.3) is 0 Å². The molecule has 0 spiro atoms. The van der Waals surface area contributed by atoms with Gasteiger partial charge >= 0.3 is 21.1 Å². The van der Waals surface area contributed by atoms with E-state index in [1.807, 2.05) is 50.5 Å². The Morgan fingerprint density at radius 1 is 1.05 bits per heavy atom. The van der Waals surface area contributed by atoms with E-state index in [-0.39, 0.29) is 39.3 Å². The van der Waals surface area contributed by atoms with Gasteiger partial charge in [-0.25, -0.2) is 4.39 Å². The van der Waals surface area contributed by atoms with Crippen molar-refractivity contribution in [2.24, 2.45) is 4.99 Å². The third-order valence-corrected chi connectivity index (χ3v) is 3.03. The summed E-state index contributed by atoms with van der Waals surface area (Å²) in [5.74, 6) is -0.236. The molecule has 0 atom stereocenters. The molecule has 0 aromatic heterocycles. The number of hydrogen-bond acceptors (Lipinski definition) is 2. The Hall–Kier alpha value is -1.02. The predicted octanol–water partition coefficient (Wildman–Crippen LogP) is 0.475. The second kappa shape index (κ2) is 10.7. The third-order valence-electron chi connectivity index (χ3n) is 3.03. The molecule has 0 aliphatic heterocycles. The number of benzene rings is 2. The number of aliphatic imine (C=N–C) groups is 1. The van der Waals surface area contributed by atoms with Crippen LogP contribution in [-0.4, -0.2) is 38.3 Å². The smallest absolute Gasteiger partial charge is 1.00 e. The van der Waals surface area contributed by atoms with Gasteiger partial charge in [-0.1, -0.05) is 42.5 Å². The Morgan fingerprint density at radius 2 is 1.73 bits per heavy atom. The number of halogens is 2. The van der Waals surface area contributed by atoms with E-state index < -0.39 is 0 Å². The van der Waals surface area contributed by atoms with Crippen molar-refractivity contribution < 1.29 is 37.9 Å². The van der Waals surface area contributed by atoms with Gasteiger partial charge in [-0.05, 0) is 31.3 Å². The molecule has 0 radical (unpaired) electrons. The molecule has 0 aliphatic rings. The van der Waals surface area contributed by atoms with Gasteiger partial charge in [-0.3, -0.25) is 4.99 Å². The maximum Gasteiger partial charge on any atom is 2.00 e. The molecule has 0 N–H and O–H groups in total. The fourth-order valence-corrected chi connectivity index (χ4v) is 1.95. The average molecular weight is 501 g/mol. The monoisotopic (exact) mass is 500 g/mol.